The van der Waals surface area contributed by atoms with E-state index in [4.69, 9.17) is 15.2 Å². The topological polar surface area (TPSA) is 146 Å². The minimum absolute atomic E-state index is 0.0277. The van der Waals surface area contributed by atoms with Gasteiger partial charge in [-0.3, -0.25) is 4.79 Å². The molecule has 3 N–H and O–H groups in total. The summed E-state index contributed by atoms with van der Waals surface area (Å²) in [5, 5.41) is 8.71. The number of carbonyl (C=O) groups is 1. The molecule has 5 rings (SSSR count). The summed E-state index contributed by atoms with van der Waals surface area (Å²) in [5.41, 5.74) is 7.45. The first-order valence-electron chi connectivity index (χ1n) is 12.1. The van der Waals surface area contributed by atoms with Crippen LogP contribution < -0.4 is 20.7 Å². The molecule has 1 saturated heterocycles. The van der Waals surface area contributed by atoms with E-state index >= 15 is 0 Å². The Hall–Kier alpha value is -4.46. The number of halogens is 2. The number of ether oxygens (including phenoxy) is 2. The van der Waals surface area contributed by atoms with E-state index in [1.807, 2.05) is 12.1 Å². The number of carbonyl (C=O) groups excluding carboxylic acids is 1. The lowest BCUT2D eigenvalue weighted by Gasteiger charge is -2.15. The van der Waals surface area contributed by atoms with Crippen molar-refractivity contribution < 1.29 is 23.0 Å². The molecule has 12 nitrogen and oxygen atoms in total. The van der Waals surface area contributed by atoms with Gasteiger partial charge in [-0.05, 0) is 29.1 Å². The van der Waals surface area contributed by atoms with Crippen molar-refractivity contribution in [2.24, 2.45) is 0 Å². The SMILES string of the molecule is COCc1nc(C(=O)NCc2cc(OC)c3c(N)nccc3c2)nn1Cc1cnc(N2CCC(F)(F)C2)nc1. The first kappa shape index (κ1) is 26.2. The van der Waals surface area contributed by atoms with Gasteiger partial charge >= 0.3 is 0 Å². The van der Waals surface area contributed by atoms with Gasteiger partial charge in [-0.25, -0.2) is 33.4 Å². The quantitative estimate of drug-likeness (QED) is 0.324. The Labute approximate surface area is 222 Å². The van der Waals surface area contributed by atoms with E-state index in [-0.39, 0.29) is 44.4 Å². The van der Waals surface area contributed by atoms with E-state index in [2.05, 4.69) is 30.4 Å². The van der Waals surface area contributed by atoms with Crippen LogP contribution in [-0.2, 0) is 24.4 Å². The van der Waals surface area contributed by atoms with E-state index in [9.17, 15) is 13.6 Å². The van der Waals surface area contributed by atoms with Crippen LogP contribution in [0.2, 0.25) is 0 Å². The minimum atomic E-state index is -2.74. The third-order valence-electron chi connectivity index (χ3n) is 6.29. The number of benzene rings is 1. The molecular formula is C25H27F2N9O3. The molecule has 4 heterocycles. The van der Waals surface area contributed by atoms with Crippen molar-refractivity contribution in [3.05, 3.63) is 59.6 Å². The van der Waals surface area contributed by atoms with Gasteiger partial charge < -0.3 is 25.4 Å². The third kappa shape index (κ3) is 5.70. The van der Waals surface area contributed by atoms with Crippen LogP contribution in [0.15, 0.2) is 36.8 Å². The number of nitrogen functional groups attached to an aromatic ring is 1. The highest BCUT2D eigenvalue weighted by Gasteiger charge is 2.39. The van der Waals surface area contributed by atoms with Gasteiger partial charge in [-0.2, -0.15) is 0 Å². The standard InChI is InChI=1S/C25H27F2N9O3/c1-38-13-19-33-22(23(37)30-9-15-7-17-3-5-29-21(28)20(17)18(8-15)39-2)34-36(19)12-16-10-31-24(32-11-16)35-6-4-25(26,27)14-35/h3,5,7-8,10-11H,4,6,9,12-14H2,1-2H3,(H2,28,29)(H,30,37). The number of alkyl halides is 2. The number of nitrogens with two attached hydrogens (primary N) is 1. The van der Waals surface area contributed by atoms with Crippen LogP contribution in [0, 0.1) is 0 Å². The van der Waals surface area contributed by atoms with E-state index in [1.165, 1.54) is 16.7 Å². The Kier molecular flexibility index (Phi) is 7.19. The van der Waals surface area contributed by atoms with Crippen LogP contribution in [0.3, 0.4) is 0 Å². The summed E-state index contributed by atoms with van der Waals surface area (Å²) < 4.78 is 39.3. The Morgan fingerprint density at radius 2 is 1.97 bits per heavy atom. The molecule has 1 aliphatic heterocycles. The highest BCUT2D eigenvalue weighted by Crippen LogP contribution is 2.31. The molecule has 3 aromatic heterocycles. The van der Waals surface area contributed by atoms with Crippen LogP contribution in [0.1, 0.15) is 34.0 Å². The average molecular weight is 540 g/mol. The zero-order chi connectivity index (χ0) is 27.6. The molecule has 0 bridgehead atoms. The Balaban J connectivity index is 1.28. The number of hydrogen-bond donors (Lipinski definition) is 2. The molecule has 204 valence electrons. The second kappa shape index (κ2) is 10.7. The number of anilines is 2. The molecule has 1 amide bonds. The van der Waals surface area contributed by atoms with Gasteiger partial charge in [0.25, 0.3) is 11.8 Å². The van der Waals surface area contributed by atoms with E-state index in [0.717, 1.165) is 10.9 Å². The molecule has 0 atom stereocenters. The van der Waals surface area contributed by atoms with E-state index in [0.29, 0.717) is 28.3 Å². The van der Waals surface area contributed by atoms with E-state index < -0.39 is 18.4 Å². The highest BCUT2D eigenvalue weighted by molar-refractivity contribution is 5.96. The predicted octanol–water partition coefficient (Wildman–Crippen LogP) is 2.18. The zero-order valence-corrected chi connectivity index (χ0v) is 21.4. The van der Waals surface area contributed by atoms with Crippen molar-refractivity contribution in [2.75, 3.05) is 37.9 Å². The first-order valence-corrected chi connectivity index (χ1v) is 12.1. The number of aromatic nitrogens is 6. The summed E-state index contributed by atoms with van der Waals surface area (Å²) in [6.07, 6.45) is 4.48. The van der Waals surface area contributed by atoms with Gasteiger partial charge in [0, 0.05) is 50.8 Å². The fourth-order valence-corrected chi connectivity index (χ4v) is 4.39. The molecular weight excluding hydrogens is 512 g/mol. The smallest absolute Gasteiger partial charge is 0.291 e. The maximum absolute atomic E-state index is 13.5. The monoisotopic (exact) mass is 539 g/mol. The lowest BCUT2D eigenvalue weighted by Crippen LogP contribution is -2.26. The van der Waals surface area contributed by atoms with Gasteiger partial charge in [0.05, 0.1) is 25.6 Å². The number of nitrogens with zero attached hydrogens (tertiary/aromatic N) is 7. The van der Waals surface area contributed by atoms with Crippen LogP contribution in [0.25, 0.3) is 10.8 Å². The molecule has 1 aliphatic rings. The predicted molar refractivity (Wildman–Crippen MR) is 138 cm³/mol. The van der Waals surface area contributed by atoms with Crippen molar-refractivity contribution in [1.82, 2.24) is 35.0 Å². The number of rotatable bonds is 9. The summed E-state index contributed by atoms with van der Waals surface area (Å²) in [6, 6.07) is 5.50. The molecule has 4 aromatic rings. The van der Waals surface area contributed by atoms with Crippen LogP contribution in [0.5, 0.6) is 5.75 Å². The van der Waals surface area contributed by atoms with Gasteiger partial charge in [0.15, 0.2) is 5.82 Å². The average Bonchev–Trinajstić information content (AvgIpc) is 3.50. The number of methoxy groups -OCH3 is 2. The van der Waals surface area contributed by atoms with Crippen LogP contribution in [-0.4, -0.2) is 68.9 Å². The fraction of sp³-hybridized carbons (Fsp3) is 0.360. The number of amides is 1. The number of nitrogens with one attached hydrogen (secondary N) is 1. The molecule has 1 aromatic carbocycles. The highest BCUT2D eigenvalue weighted by atomic mass is 19.3. The second-order valence-corrected chi connectivity index (χ2v) is 9.14. The number of fused-ring (bicyclic) bond motifs is 1. The molecule has 0 aliphatic carbocycles. The van der Waals surface area contributed by atoms with Crippen molar-refractivity contribution in [3.8, 4) is 5.75 Å². The molecule has 14 heteroatoms. The van der Waals surface area contributed by atoms with Crippen molar-refractivity contribution in [2.45, 2.75) is 32.0 Å². The van der Waals surface area contributed by atoms with Crippen molar-refractivity contribution >= 4 is 28.4 Å². The van der Waals surface area contributed by atoms with Gasteiger partial charge in [-0.15, -0.1) is 5.10 Å². The molecule has 39 heavy (non-hydrogen) atoms. The number of pyridine rings is 1. The number of hydrogen-bond acceptors (Lipinski definition) is 10. The molecule has 0 saturated carbocycles. The zero-order valence-electron chi connectivity index (χ0n) is 21.4. The fourth-order valence-electron chi connectivity index (χ4n) is 4.39. The lowest BCUT2D eigenvalue weighted by atomic mass is 10.1. The largest absolute Gasteiger partial charge is 0.496 e. The Morgan fingerprint density at radius 1 is 1.18 bits per heavy atom. The molecule has 0 unspecified atom stereocenters. The summed E-state index contributed by atoms with van der Waals surface area (Å²) in [7, 11) is 3.05. The molecule has 0 spiro atoms. The normalized spacial score (nSPS) is 14.6. The molecule has 0 radical (unpaired) electrons. The third-order valence-corrected chi connectivity index (χ3v) is 6.29. The van der Waals surface area contributed by atoms with E-state index in [1.54, 1.807) is 31.8 Å². The van der Waals surface area contributed by atoms with Gasteiger partial charge in [0.2, 0.25) is 11.8 Å². The van der Waals surface area contributed by atoms with Gasteiger partial charge in [-0.1, -0.05) is 0 Å². The van der Waals surface area contributed by atoms with Crippen molar-refractivity contribution in [1.29, 1.82) is 0 Å². The van der Waals surface area contributed by atoms with Crippen LogP contribution in [0.4, 0.5) is 20.5 Å². The maximum atomic E-state index is 13.5. The Morgan fingerprint density at radius 3 is 2.67 bits per heavy atom. The summed E-state index contributed by atoms with van der Waals surface area (Å²) in [5.74, 6) is -1.64. The van der Waals surface area contributed by atoms with Crippen LogP contribution >= 0.6 is 0 Å². The second-order valence-electron chi connectivity index (χ2n) is 9.14. The summed E-state index contributed by atoms with van der Waals surface area (Å²) in [4.78, 5) is 31.3. The lowest BCUT2D eigenvalue weighted by molar-refractivity contribution is 0.0256. The minimum Gasteiger partial charge on any atom is -0.496 e. The van der Waals surface area contributed by atoms with Crippen molar-refractivity contribution in [3.63, 3.8) is 0 Å². The first-order chi connectivity index (χ1) is 18.8. The Bertz CT molecular complexity index is 1490. The van der Waals surface area contributed by atoms with Gasteiger partial charge in [0.1, 0.15) is 18.2 Å². The molecule has 1 fully saturated rings. The summed E-state index contributed by atoms with van der Waals surface area (Å²) >= 11 is 0. The summed E-state index contributed by atoms with van der Waals surface area (Å²) in [6.45, 7) is 0.338. The maximum Gasteiger partial charge on any atom is 0.291 e.